The molecule has 1 heterocycles. The molecule has 1 atom stereocenters. The number of rotatable bonds is 3. The Morgan fingerprint density at radius 3 is 2.77 bits per heavy atom. The number of Topliss-reactive ketones (excluding diaryl/α,β-unsaturated/α-hetero) is 1. The number of ketones is 1. The number of carbonyl (C=O) groups is 2. The highest BCUT2D eigenvalue weighted by atomic mass is 16.5. The summed E-state index contributed by atoms with van der Waals surface area (Å²) in [5, 5.41) is 0. The molecule has 0 N–H and O–H groups in total. The van der Waals surface area contributed by atoms with Gasteiger partial charge in [-0.15, -0.1) is 0 Å². The molecule has 134 valence electrons. The smallest absolute Gasteiger partial charge is 0.260 e. The highest BCUT2D eigenvalue weighted by molar-refractivity contribution is 6.04. The molecule has 0 bridgehead atoms. The van der Waals surface area contributed by atoms with Crippen LogP contribution in [0.3, 0.4) is 0 Å². The lowest BCUT2D eigenvalue weighted by molar-refractivity contribution is -0.134. The normalized spacial score (nSPS) is 18.5. The van der Waals surface area contributed by atoms with Gasteiger partial charge in [-0.1, -0.05) is 37.3 Å². The van der Waals surface area contributed by atoms with E-state index in [0.717, 1.165) is 17.5 Å². The van der Waals surface area contributed by atoms with E-state index in [-0.39, 0.29) is 24.2 Å². The molecule has 2 aliphatic rings. The lowest BCUT2D eigenvalue weighted by Gasteiger charge is -2.29. The van der Waals surface area contributed by atoms with Crippen molar-refractivity contribution in [3.63, 3.8) is 0 Å². The minimum absolute atomic E-state index is 0.0284. The van der Waals surface area contributed by atoms with Crippen LogP contribution in [0.15, 0.2) is 36.4 Å². The van der Waals surface area contributed by atoms with Gasteiger partial charge in [0.15, 0.2) is 12.4 Å². The van der Waals surface area contributed by atoms with Gasteiger partial charge in [0.1, 0.15) is 5.75 Å². The summed E-state index contributed by atoms with van der Waals surface area (Å²) in [5.74, 6) is 0.846. The second-order valence-corrected chi connectivity index (χ2v) is 7.32. The predicted molar refractivity (Wildman–Crippen MR) is 99.6 cm³/mol. The van der Waals surface area contributed by atoms with Gasteiger partial charge in [0, 0.05) is 19.5 Å². The predicted octanol–water partition coefficient (Wildman–Crippen LogP) is 3.65. The fourth-order valence-electron chi connectivity index (χ4n) is 4.17. The van der Waals surface area contributed by atoms with Crippen molar-refractivity contribution in [1.82, 2.24) is 4.90 Å². The summed E-state index contributed by atoms with van der Waals surface area (Å²) in [7, 11) is 0. The number of aryl methyl sites for hydroxylation is 1. The Morgan fingerprint density at radius 2 is 1.96 bits per heavy atom. The van der Waals surface area contributed by atoms with E-state index in [9.17, 15) is 9.59 Å². The lowest BCUT2D eigenvalue weighted by Crippen LogP contribution is -2.38. The number of fused-ring (bicyclic) bond motifs is 2. The maximum Gasteiger partial charge on any atom is 0.260 e. The quantitative estimate of drug-likeness (QED) is 0.850. The SMILES string of the molecule is Cc1ccc(OCC(=O)N2CCc3ccccc3C2)c2c1[C@H](C)CC2=O. The van der Waals surface area contributed by atoms with Crippen LogP contribution >= 0.6 is 0 Å². The van der Waals surface area contributed by atoms with Gasteiger partial charge in [0.25, 0.3) is 5.91 Å². The van der Waals surface area contributed by atoms with Crippen LogP contribution in [0.5, 0.6) is 5.75 Å². The van der Waals surface area contributed by atoms with E-state index in [0.29, 0.717) is 30.8 Å². The van der Waals surface area contributed by atoms with Gasteiger partial charge in [-0.25, -0.2) is 0 Å². The molecule has 0 radical (unpaired) electrons. The number of benzene rings is 2. The van der Waals surface area contributed by atoms with Crippen molar-refractivity contribution < 1.29 is 14.3 Å². The second-order valence-electron chi connectivity index (χ2n) is 7.32. The molecular formula is C22H23NO3. The summed E-state index contributed by atoms with van der Waals surface area (Å²) in [6.07, 6.45) is 1.39. The first kappa shape index (κ1) is 16.8. The van der Waals surface area contributed by atoms with Gasteiger partial charge in [-0.3, -0.25) is 9.59 Å². The van der Waals surface area contributed by atoms with Crippen LogP contribution in [0.2, 0.25) is 0 Å². The van der Waals surface area contributed by atoms with E-state index in [1.165, 1.54) is 11.1 Å². The third kappa shape index (κ3) is 2.90. The molecule has 1 aliphatic carbocycles. The molecule has 4 nitrogen and oxygen atoms in total. The third-order valence-corrected chi connectivity index (χ3v) is 5.52. The average Bonchev–Trinajstić information content (AvgIpc) is 2.96. The fraction of sp³-hybridized carbons (Fsp3) is 0.364. The van der Waals surface area contributed by atoms with E-state index in [4.69, 9.17) is 4.74 Å². The zero-order valence-corrected chi connectivity index (χ0v) is 15.2. The molecule has 0 saturated heterocycles. The number of nitrogens with zero attached hydrogens (tertiary/aromatic N) is 1. The number of carbonyl (C=O) groups excluding carboxylic acids is 2. The van der Waals surface area contributed by atoms with Gasteiger partial charge in [-0.2, -0.15) is 0 Å². The Hall–Kier alpha value is -2.62. The average molecular weight is 349 g/mol. The Balaban J connectivity index is 1.47. The molecule has 4 rings (SSSR count). The number of hydrogen-bond acceptors (Lipinski definition) is 3. The van der Waals surface area contributed by atoms with Gasteiger partial charge in [0.2, 0.25) is 0 Å². The van der Waals surface area contributed by atoms with Crippen molar-refractivity contribution in [3.8, 4) is 5.75 Å². The summed E-state index contributed by atoms with van der Waals surface area (Å²) >= 11 is 0. The molecule has 0 fully saturated rings. The second kappa shape index (κ2) is 6.60. The number of ether oxygens (including phenoxy) is 1. The van der Waals surface area contributed by atoms with Crippen LogP contribution < -0.4 is 4.74 Å². The summed E-state index contributed by atoms with van der Waals surface area (Å²) in [4.78, 5) is 26.8. The first-order valence-corrected chi connectivity index (χ1v) is 9.18. The fourth-order valence-corrected chi connectivity index (χ4v) is 4.17. The summed E-state index contributed by atoms with van der Waals surface area (Å²) < 4.78 is 5.81. The largest absolute Gasteiger partial charge is 0.483 e. The lowest BCUT2D eigenvalue weighted by atomic mass is 9.97. The highest BCUT2D eigenvalue weighted by Gasteiger charge is 2.31. The van der Waals surface area contributed by atoms with E-state index < -0.39 is 0 Å². The highest BCUT2D eigenvalue weighted by Crippen LogP contribution is 2.40. The van der Waals surface area contributed by atoms with Gasteiger partial charge >= 0.3 is 0 Å². The van der Waals surface area contributed by atoms with E-state index in [1.807, 2.05) is 36.1 Å². The van der Waals surface area contributed by atoms with Crippen molar-refractivity contribution in [2.45, 2.75) is 39.2 Å². The molecule has 2 aromatic rings. The summed E-state index contributed by atoms with van der Waals surface area (Å²) in [6.45, 7) is 5.39. The summed E-state index contributed by atoms with van der Waals surface area (Å²) in [6, 6.07) is 12.0. The van der Waals surface area contributed by atoms with Crippen molar-refractivity contribution in [3.05, 3.63) is 64.2 Å². The molecule has 0 unspecified atom stereocenters. The topological polar surface area (TPSA) is 46.6 Å². The number of amides is 1. The monoisotopic (exact) mass is 349 g/mol. The molecule has 0 spiro atoms. The van der Waals surface area contributed by atoms with E-state index >= 15 is 0 Å². The molecule has 1 aliphatic heterocycles. The molecule has 2 aromatic carbocycles. The zero-order valence-electron chi connectivity index (χ0n) is 15.2. The zero-order chi connectivity index (χ0) is 18.3. The van der Waals surface area contributed by atoms with Crippen molar-refractivity contribution in [2.24, 2.45) is 0 Å². The minimum atomic E-state index is -0.0349. The third-order valence-electron chi connectivity index (χ3n) is 5.52. The Morgan fingerprint density at radius 1 is 1.19 bits per heavy atom. The van der Waals surface area contributed by atoms with E-state index in [2.05, 4.69) is 19.1 Å². The van der Waals surface area contributed by atoms with E-state index in [1.54, 1.807) is 0 Å². The molecule has 4 heteroatoms. The Kier molecular flexibility index (Phi) is 4.27. The van der Waals surface area contributed by atoms with Gasteiger partial charge in [-0.05, 0) is 47.6 Å². The van der Waals surface area contributed by atoms with Crippen molar-refractivity contribution in [2.75, 3.05) is 13.2 Å². The first-order chi connectivity index (χ1) is 12.5. The molecule has 0 saturated carbocycles. The van der Waals surface area contributed by atoms with Crippen molar-refractivity contribution in [1.29, 1.82) is 0 Å². The van der Waals surface area contributed by atoms with Crippen LogP contribution in [0.25, 0.3) is 0 Å². The number of hydrogen-bond donors (Lipinski definition) is 0. The maximum atomic E-state index is 12.6. The first-order valence-electron chi connectivity index (χ1n) is 9.18. The molecule has 1 amide bonds. The molecule has 26 heavy (non-hydrogen) atoms. The van der Waals surface area contributed by atoms with Gasteiger partial charge in [0.05, 0.1) is 5.56 Å². The van der Waals surface area contributed by atoms with Gasteiger partial charge < -0.3 is 9.64 Å². The minimum Gasteiger partial charge on any atom is -0.483 e. The van der Waals surface area contributed by atoms with Crippen LogP contribution in [-0.2, 0) is 17.8 Å². The van der Waals surface area contributed by atoms with Crippen LogP contribution in [0, 0.1) is 6.92 Å². The Labute approximate surface area is 153 Å². The molecular weight excluding hydrogens is 326 g/mol. The van der Waals surface area contributed by atoms with Crippen molar-refractivity contribution >= 4 is 11.7 Å². The Bertz CT molecular complexity index is 887. The summed E-state index contributed by atoms with van der Waals surface area (Å²) in [5.41, 5.74) is 5.38. The standard InChI is InChI=1S/C22H23NO3/c1-14-7-8-19(22-18(24)11-15(2)21(14)22)26-13-20(25)23-10-9-16-5-3-4-6-17(16)12-23/h3-8,15H,9-13H2,1-2H3/t15-/m1/s1. The molecule has 0 aromatic heterocycles. The van der Waals surface area contributed by atoms with Crippen LogP contribution in [0.4, 0.5) is 0 Å². The van der Waals surface area contributed by atoms with Crippen LogP contribution in [0.1, 0.15) is 51.9 Å². The maximum absolute atomic E-state index is 12.6. The van der Waals surface area contributed by atoms with Crippen LogP contribution in [-0.4, -0.2) is 29.7 Å².